The zero-order valence-corrected chi connectivity index (χ0v) is 12.7. The van der Waals surface area contributed by atoms with Crippen LogP contribution in [0.4, 0.5) is 0 Å². The summed E-state index contributed by atoms with van der Waals surface area (Å²) < 4.78 is 5.62. The van der Waals surface area contributed by atoms with Gasteiger partial charge in [-0.3, -0.25) is 0 Å². The average molecular weight is 303 g/mol. The Hall–Kier alpha value is -1.88. The van der Waals surface area contributed by atoms with Crippen molar-refractivity contribution in [2.45, 2.75) is 32.1 Å². The quantitative estimate of drug-likeness (QED) is 0.870. The molecule has 2 aromatic rings. The zero-order chi connectivity index (χ0) is 14.8. The van der Waals surface area contributed by atoms with Crippen molar-refractivity contribution in [3.8, 4) is 16.3 Å². The van der Waals surface area contributed by atoms with E-state index in [9.17, 15) is 9.90 Å². The Labute approximate surface area is 127 Å². The SMILES string of the molecule is CCCOc1cccc(-c2nc(C3CC3)c(C(=O)O)s2)c1. The molecule has 0 spiro atoms. The van der Waals surface area contributed by atoms with Gasteiger partial charge in [0.1, 0.15) is 15.6 Å². The van der Waals surface area contributed by atoms with Crippen LogP contribution in [0.15, 0.2) is 24.3 Å². The Morgan fingerprint density at radius 1 is 1.48 bits per heavy atom. The number of rotatable bonds is 6. The van der Waals surface area contributed by atoms with Gasteiger partial charge in [0.25, 0.3) is 0 Å². The number of aromatic nitrogens is 1. The summed E-state index contributed by atoms with van der Waals surface area (Å²) in [5, 5.41) is 10.1. The molecule has 1 aromatic carbocycles. The molecule has 1 heterocycles. The van der Waals surface area contributed by atoms with Gasteiger partial charge < -0.3 is 9.84 Å². The van der Waals surface area contributed by atoms with Crippen molar-refractivity contribution in [1.82, 2.24) is 4.98 Å². The maximum Gasteiger partial charge on any atom is 0.347 e. The molecule has 3 rings (SSSR count). The van der Waals surface area contributed by atoms with Crippen LogP contribution in [0, 0.1) is 0 Å². The third kappa shape index (κ3) is 3.08. The molecule has 1 aromatic heterocycles. The number of ether oxygens (including phenoxy) is 1. The number of thiazole rings is 1. The lowest BCUT2D eigenvalue weighted by molar-refractivity contribution is 0.0700. The van der Waals surface area contributed by atoms with Crippen LogP contribution >= 0.6 is 11.3 Å². The number of nitrogens with zero attached hydrogens (tertiary/aromatic N) is 1. The number of hydrogen-bond acceptors (Lipinski definition) is 4. The van der Waals surface area contributed by atoms with Crippen LogP contribution in [0.25, 0.3) is 10.6 Å². The minimum atomic E-state index is -0.876. The van der Waals surface area contributed by atoms with E-state index in [2.05, 4.69) is 11.9 Å². The van der Waals surface area contributed by atoms with E-state index in [4.69, 9.17) is 4.74 Å². The predicted molar refractivity (Wildman–Crippen MR) is 82.3 cm³/mol. The Bertz CT molecular complexity index is 661. The molecule has 5 heteroatoms. The Morgan fingerprint density at radius 3 is 2.95 bits per heavy atom. The maximum atomic E-state index is 11.4. The van der Waals surface area contributed by atoms with Gasteiger partial charge in [-0.1, -0.05) is 19.1 Å². The Kier molecular flexibility index (Phi) is 3.92. The van der Waals surface area contributed by atoms with Gasteiger partial charge in [0.2, 0.25) is 0 Å². The molecule has 0 bridgehead atoms. The second kappa shape index (κ2) is 5.85. The van der Waals surface area contributed by atoms with Crippen molar-refractivity contribution < 1.29 is 14.6 Å². The van der Waals surface area contributed by atoms with Crippen molar-refractivity contribution in [3.05, 3.63) is 34.8 Å². The second-order valence-corrected chi connectivity index (χ2v) is 6.19. The van der Waals surface area contributed by atoms with Crippen LogP contribution in [0.2, 0.25) is 0 Å². The minimum Gasteiger partial charge on any atom is -0.494 e. The summed E-state index contributed by atoms with van der Waals surface area (Å²) in [6, 6.07) is 7.70. The molecule has 0 saturated heterocycles. The molecule has 0 radical (unpaired) electrons. The molecule has 1 N–H and O–H groups in total. The molecule has 110 valence electrons. The van der Waals surface area contributed by atoms with Crippen LogP contribution < -0.4 is 4.74 Å². The summed E-state index contributed by atoms with van der Waals surface area (Å²) in [5.41, 5.74) is 1.67. The molecule has 1 fully saturated rings. The summed E-state index contributed by atoms with van der Waals surface area (Å²) in [7, 11) is 0. The number of carboxylic acid groups (broad SMARTS) is 1. The predicted octanol–water partition coefficient (Wildman–Crippen LogP) is 4.17. The highest BCUT2D eigenvalue weighted by atomic mass is 32.1. The van der Waals surface area contributed by atoms with Gasteiger partial charge >= 0.3 is 5.97 Å². The molecule has 0 unspecified atom stereocenters. The van der Waals surface area contributed by atoms with E-state index in [-0.39, 0.29) is 0 Å². The first kappa shape index (κ1) is 14.1. The van der Waals surface area contributed by atoms with Crippen molar-refractivity contribution in [3.63, 3.8) is 0 Å². The van der Waals surface area contributed by atoms with E-state index in [0.717, 1.165) is 41.3 Å². The number of hydrogen-bond donors (Lipinski definition) is 1. The number of carboxylic acids is 1. The molecule has 0 aliphatic heterocycles. The molecule has 1 aliphatic carbocycles. The first-order valence-corrected chi connectivity index (χ1v) is 7.98. The third-order valence-corrected chi connectivity index (χ3v) is 4.47. The fourth-order valence-corrected chi connectivity index (χ4v) is 3.17. The average Bonchev–Trinajstić information content (AvgIpc) is 3.23. The number of carbonyl (C=O) groups is 1. The van der Waals surface area contributed by atoms with E-state index in [1.807, 2.05) is 24.3 Å². The molecule has 21 heavy (non-hydrogen) atoms. The van der Waals surface area contributed by atoms with Gasteiger partial charge in [-0.2, -0.15) is 0 Å². The van der Waals surface area contributed by atoms with Crippen LogP contribution in [0.5, 0.6) is 5.75 Å². The summed E-state index contributed by atoms with van der Waals surface area (Å²) in [4.78, 5) is 16.3. The van der Waals surface area contributed by atoms with Crippen LogP contribution in [-0.2, 0) is 0 Å². The third-order valence-electron chi connectivity index (χ3n) is 3.37. The van der Waals surface area contributed by atoms with Gasteiger partial charge in [-0.15, -0.1) is 11.3 Å². The first-order chi connectivity index (χ1) is 10.2. The minimum absolute atomic E-state index is 0.334. The highest BCUT2D eigenvalue weighted by Crippen LogP contribution is 2.44. The molecule has 4 nitrogen and oxygen atoms in total. The van der Waals surface area contributed by atoms with Gasteiger partial charge in [-0.05, 0) is 31.4 Å². The van der Waals surface area contributed by atoms with Crippen molar-refractivity contribution in [2.24, 2.45) is 0 Å². The van der Waals surface area contributed by atoms with E-state index in [1.54, 1.807) is 0 Å². The van der Waals surface area contributed by atoms with Gasteiger partial charge in [-0.25, -0.2) is 9.78 Å². The summed E-state index contributed by atoms with van der Waals surface area (Å²) in [6.07, 6.45) is 3.04. The molecule has 1 aliphatic rings. The van der Waals surface area contributed by atoms with Gasteiger partial charge in [0.05, 0.1) is 12.3 Å². The molecule has 1 saturated carbocycles. The number of aromatic carboxylic acids is 1. The lowest BCUT2D eigenvalue weighted by atomic mass is 10.2. The lowest BCUT2D eigenvalue weighted by Gasteiger charge is -2.05. The lowest BCUT2D eigenvalue weighted by Crippen LogP contribution is -1.97. The van der Waals surface area contributed by atoms with Crippen molar-refractivity contribution in [2.75, 3.05) is 6.61 Å². The molecular formula is C16H17NO3S. The molecular weight excluding hydrogens is 286 g/mol. The van der Waals surface area contributed by atoms with Crippen LogP contribution in [0.1, 0.15) is 47.5 Å². The molecule has 0 atom stereocenters. The largest absolute Gasteiger partial charge is 0.494 e. The standard InChI is InChI=1S/C16H17NO3S/c1-2-8-20-12-5-3-4-11(9-12)15-17-13(10-6-7-10)14(21-15)16(18)19/h3-5,9-10H,2,6-8H2,1H3,(H,18,19). The fraction of sp³-hybridized carbons (Fsp3) is 0.375. The van der Waals surface area contributed by atoms with Crippen molar-refractivity contribution in [1.29, 1.82) is 0 Å². The van der Waals surface area contributed by atoms with Crippen LogP contribution in [0.3, 0.4) is 0 Å². The highest BCUT2D eigenvalue weighted by Gasteiger charge is 2.32. The first-order valence-electron chi connectivity index (χ1n) is 7.16. The monoisotopic (exact) mass is 303 g/mol. The maximum absolute atomic E-state index is 11.4. The summed E-state index contributed by atoms with van der Waals surface area (Å²) in [5.74, 6) is 0.258. The summed E-state index contributed by atoms with van der Waals surface area (Å²) >= 11 is 1.26. The Morgan fingerprint density at radius 2 is 2.29 bits per heavy atom. The fourth-order valence-electron chi connectivity index (χ4n) is 2.18. The van der Waals surface area contributed by atoms with E-state index in [1.165, 1.54) is 11.3 Å². The molecule has 0 amide bonds. The second-order valence-electron chi connectivity index (χ2n) is 5.19. The van der Waals surface area contributed by atoms with E-state index >= 15 is 0 Å². The Balaban J connectivity index is 1.92. The normalized spacial score (nSPS) is 14.1. The number of benzene rings is 1. The van der Waals surface area contributed by atoms with Crippen molar-refractivity contribution >= 4 is 17.3 Å². The van der Waals surface area contributed by atoms with Crippen LogP contribution in [-0.4, -0.2) is 22.7 Å². The van der Waals surface area contributed by atoms with E-state index < -0.39 is 5.97 Å². The van der Waals surface area contributed by atoms with Gasteiger partial charge in [0.15, 0.2) is 0 Å². The summed E-state index contributed by atoms with van der Waals surface area (Å²) in [6.45, 7) is 2.74. The topological polar surface area (TPSA) is 59.4 Å². The smallest absolute Gasteiger partial charge is 0.347 e. The van der Waals surface area contributed by atoms with E-state index in [0.29, 0.717) is 17.4 Å². The van der Waals surface area contributed by atoms with Gasteiger partial charge in [0, 0.05) is 11.5 Å². The highest BCUT2D eigenvalue weighted by molar-refractivity contribution is 7.17. The zero-order valence-electron chi connectivity index (χ0n) is 11.8.